The molecule has 0 unspecified atom stereocenters. The summed E-state index contributed by atoms with van der Waals surface area (Å²) in [5.41, 5.74) is 4.23. The van der Waals surface area contributed by atoms with Gasteiger partial charge in [-0.05, 0) is 41.8 Å². The van der Waals surface area contributed by atoms with E-state index in [9.17, 15) is 70.0 Å². The number of carbonyl (C=O) groups is 2. The summed E-state index contributed by atoms with van der Waals surface area (Å²) in [6, 6.07) is 14.3. The zero-order valence-corrected chi connectivity index (χ0v) is 38.9. The first kappa shape index (κ1) is 49.3. The smallest absolute Gasteiger partial charge is 0.330 e. The molecule has 5 rings (SSSR count). The van der Waals surface area contributed by atoms with E-state index in [1.807, 2.05) is 0 Å². The SMILES string of the molecule is CS(=O)(=O)c1c2c(c(S(C)(=O)=O)c(S(=O)(=O)N=C(N)Nc3cccc([C@H](NC(=O)c4cccn(Cc5ccccc5)c4=O)C(=O)O)c3)c1S(C)(=O)=O)CCC(S(C)(=O)=O)(S(C)(=O)=O)O2. The predicted octanol–water partition coefficient (Wildman–Crippen LogP) is -0.154. The van der Waals surface area contributed by atoms with Gasteiger partial charge in [-0.3, -0.25) is 9.59 Å². The molecule has 1 aromatic heterocycles. The molecule has 346 valence electrons. The minimum absolute atomic E-state index is 0.0951. The van der Waals surface area contributed by atoms with Crippen LogP contribution in [0.15, 0.2) is 102 Å². The van der Waals surface area contributed by atoms with Crippen LogP contribution in [-0.4, -0.2) is 114 Å². The van der Waals surface area contributed by atoms with E-state index in [0.29, 0.717) is 25.0 Å². The second kappa shape index (κ2) is 17.0. The quantitative estimate of drug-likeness (QED) is 0.0942. The van der Waals surface area contributed by atoms with Gasteiger partial charge >= 0.3 is 10.2 Å². The third-order valence-electron chi connectivity index (χ3n) is 9.51. The number of carbonyl (C=O) groups excluding carboxylic acids is 1. The number of fused-ring (bicyclic) bond motifs is 1. The van der Waals surface area contributed by atoms with E-state index in [0.717, 1.165) is 11.6 Å². The number of nitrogens with two attached hydrogens (primary N) is 1. The molecule has 28 heteroatoms. The fourth-order valence-electron chi connectivity index (χ4n) is 6.86. The molecule has 0 radical (unpaired) electrons. The Morgan fingerprint density at radius 1 is 0.781 bits per heavy atom. The Morgan fingerprint density at radius 2 is 1.36 bits per heavy atom. The van der Waals surface area contributed by atoms with Gasteiger partial charge in [-0.2, -0.15) is 8.42 Å². The molecule has 1 aliphatic heterocycles. The monoisotopic (exact) mass is 1010 g/mol. The van der Waals surface area contributed by atoms with Crippen LogP contribution < -0.4 is 26.7 Å². The van der Waals surface area contributed by atoms with E-state index >= 15 is 0 Å². The van der Waals surface area contributed by atoms with Crippen LogP contribution in [0, 0.1) is 0 Å². The highest BCUT2D eigenvalue weighted by atomic mass is 32.3. The third-order valence-corrected chi connectivity index (χ3v) is 19.4. The van der Waals surface area contributed by atoms with Gasteiger partial charge in [0, 0.05) is 55.1 Å². The second-order valence-electron chi connectivity index (χ2n) is 14.6. The van der Waals surface area contributed by atoms with E-state index in [-0.39, 0.29) is 24.1 Å². The number of anilines is 1. The standard InChI is InChI=1S/C36H39N5O17S6/c1-59(46,47)28-24-16-17-36(62(4,52)53,63(5,54)55)58-27(24)29(60(2,48)49)30(61(3,50)51)31(28)64(56,57)40-35(37)38-23-14-9-13-22(19-23)26(34(44)45)39-32(42)25-15-10-18-41(33(25)43)20-21-11-7-6-8-12-21/h6-15,18-19,26H,16-17,20H2,1-5H3,(H,39,42)(H,44,45)(H3,37,38,40)/t26-/m0/s1. The molecule has 0 aliphatic carbocycles. The first-order valence-corrected chi connectivity index (χ1v) is 28.8. The van der Waals surface area contributed by atoms with Crippen molar-refractivity contribution in [2.75, 3.05) is 36.6 Å². The molecule has 0 saturated heterocycles. The number of ether oxygens (including phenoxy) is 1. The molecule has 2 heterocycles. The summed E-state index contributed by atoms with van der Waals surface area (Å²) in [4.78, 5) is 32.4. The maximum absolute atomic E-state index is 14.2. The Bertz CT molecular complexity index is 3380. The van der Waals surface area contributed by atoms with Crippen LogP contribution in [-0.2, 0) is 77.0 Å². The number of nitrogens with one attached hydrogen (secondary N) is 2. The second-order valence-corrected chi connectivity index (χ2v) is 26.6. The van der Waals surface area contributed by atoms with E-state index < -0.39 is 142 Å². The van der Waals surface area contributed by atoms with E-state index in [1.165, 1.54) is 41.1 Å². The lowest BCUT2D eigenvalue weighted by Crippen LogP contribution is -2.53. The average molecular weight is 1010 g/mol. The van der Waals surface area contributed by atoms with Crippen LogP contribution in [0.4, 0.5) is 5.69 Å². The molecule has 1 aliphatic rings. The first-order chi connectivity index (χ1) is 29.2. The lowest BCUT2D eigenvalue weighted by atomic mass is 10.1. The topological polar surface area (TPSA) is 353 Å². The normalized spacial score (nSPS) is 15.3. The zero-order valence-electron chi connectivity index (χ0n) is 34.0. The van der Waals surface area contributed by atoms with Gasteiger partial charge in [0.15, 0.2) is 35.6 Å². The van der Waals surface area contributed by atoms with Gasteiger partial charge in [-0.25, -0.2) is 46.9 Å². The lowest BCUT2D eigenvalue weighted by molar-refractivity contribution is -0.139. The van der Waals surface area contributed by atoms with Crippen molar-refractivity contribution in [3.8, 4) is 5.75 Å². The Morgan fingerprint density at radius 3 is 1.89 bits per heavy atom. The van der Waals surface area contributed by atoms with Gasteiger partial charge in [-0.1, -0.05) is 42.5 Å². The van der Waals surface area contributed by atoms with Crippen molar-refractivity contribution in [2.45, 2.75) is 49.3 Å². The summed E-state index contributed by atoms with van der Waals surface area (Å²) >= 11 is 0. The van der Waals surface area contributed by atoms with Gasteiger partial charge < -0.3 is 30.8 Å². The number of aromatic nitrogens is 1. The summed E-state index contributed by atoms with van der Waals surface area (Å²) < 4.78 is 168. The van der Waals surface area contributed by atoms with Gasteiger partial charge in [-0.15, -0.1) is 4.40 Å². The number of carboxylic acid groups (broad SMARTS) is 1. The molecular weight excluding hydrogens is 967 g/mol. The molecule has 0 bridgehead atoms. The molecule has 4 aromatic rings. The molecule has 64 heavy (non-hydrogen) atoms. The Balaban J connectivity index is 1.61. The summed E-state index contributed by atoms with van der Waals surface area (Å²) in [5.74, 6) is -5.18. The largest absolute Gasteiger partial charge is 0.479 e. The molecule has 22 nitrogen and oxygen atoms in total. The number of hydrogen-bond acceptors (Lipinski definition) is 16. The summed E-state index contributed by atoms with van der Waals surface area (Å²) in [5, 5.41) is 14.7. The van der Waals surface area contributed by atoms with Gasteiger partial charge in [0.05, 0.1) is 11.4 Å². The number of benzene rings is 3. The lowest BCUT2D eigenvalue weighted by Gasteiger charge is -2.37. The van der Waals surface area contributed by atoms with Crippen molar-refractivity contribution in [2.24, 2.45) is 10.1 Å². The number of nitrogens with zero attached hydrogens (tertiary/aromatic N) is 2. The van der Waals surface area contributed by atoms with Crippen molar-refractivity contribution in [3.05, 3.63) is 106 Å². The number of hydrogen-bond donors (Lipinski definition) is 4. The number of sulfone groups is 5. The molecule has 0 fully saturated rings. The van der Waals surface area contributed by atoms with Crippen LogP contribution in [0.1, 0.15) is 39.5 Å². The summed E-state index contributed by atoms with van der Waals surface area (Å²) in [6.07, 6.45) is 1.17. The number of aliphatic carboxylic acids is 1. The fraction of sp³-hybridized carbons (Fsp3) is 0.278. The molecular formula is C36H39N5O17S6. The minimum atomic E-state index is -5.82. The fourth-order valence-corrected chi connectivity index (χ4v) is 17.0. The Kier molecular flexibility index (Phi) is 13.1. The van der Waals surface area contributed by atoms with Crippen molar-refractivity contribution < 1.29 is 69.9 Å². The molecule has 5 N–H and O–H groups in total. The van der Waals surface area contributed by atoms with Crippen LogP contribution in [0.3, 0.4) is 0 Å². The molecule has 1 atom stereocenters. The number of amides is 1. The van der Waals surface area contributed by atoms with Crippen molar-refractivity contribution in [1.82, 2.24) is 9.88 Å². The van der Waals surface area contributed by atoms with Gasteiger partial charge in [0.25, 0.3) is 21.5 Å². The van der Waals surface area contributed by atoms with Gasteiger partial charge in [0.1, 0.15) is 26.0 Å². The van der Waals surface area contributed by atoms with Crippen LogP contribution in [0.5, 0.6) is 5.75 Å². The maximum atomic E-state index is 14.2. The number of carboxylic acids is 1. The van der Waals surface area contributed by atoms with E-state index in [1.54, 1.807) is 30.3 Å². The number of pyridine rings is 1. The molecule has 0 spiro atoms. The zero-order chi connectivity index (χ0) is 48.2. The van der Waals surface area contributed by atoms with Crippen molar-refractivity contribution in [1.29, 1.82) is 0 Å². The highest BCUT2D eigenvalue weighted by molar-refractivity contribution is 8.09. The summed E-state index contributed by atoms with van der Waals surface area (Å²) in [6.45, 7) is 0.0951. The number of guanidine groups is 1. The third kappa shape index (κ3) is 9.84. The Labute approximate surface area is 367 Å². The van der Waals surface area contributed by atoms with Crippen LogP contribution >= 0.6 is 0 Å². The van der Waals surface area contributed by atoms with Crippen LogP contribution in [0.2, 0.25) is 0 Å². The molecule has 1 amide bonds. The number of rotatable bonds is 14. The van der Waals surface area contributed by atoms with Gasteiger partial charge in [0.2, 0.25) is 25.6 Å². The highest BCUT2D eigenvalue weighted by Crippen LogP contribution is 2.50. The maximum Gasteiger partial charge on any atom is 0.330 e. The van der Waals surface area contributed by atoms with E-state index in [4.69, 9.17) is 10.5 Å². The first-order valence-electron chi connectivity index (χ1n) is 17.9. The molecule has 3 aromatic carbocycles. The van der Waals surface area contributed by atoms with Crippen molar-refractivity contribution in [3.63, 3.8) is 0 Å². The number of sulfonamides is 1. The Hall–Kier alpha value is -5.68. The van der Waals surface area contributed by atoms with Crippen molar-refractivity contribution >= 4 is 82.7 Å². The summed E-state index contributed by atoms with van der Waals surface area (Å²) in [7, 11) is -31.1. The molecule has 0 saturated carbocycles. The predicted molar refractivity (Wildman–Crippen MR) is 230 cm³/mol. The minimum Gasteiger partial charge on any atom is -0.479 e. The highest BCUT2D eigenvalue weighted by Gasteiger charge is 2.57. The average Bonchev–Trinajstić information content (AvgIpc) is 3.14. The van der Waals surface area contributed by atoms with Crippen LogP contribution in [0.25, 0.3) is 0 Å². The van der Waals surface area contributed by atoms with E-state index in [2.05, 4.69) is 15.0 Å².